The van der Waals surface area contributed by atoms with Crippen LogP contribution in [-0.2, 0) is 23.7 Å². The van der Waals surface area contributed by atoms with Crippen molar-refractivity contribution in [3.8, 4) is 11.6 Å². The zero-order valence-electron chi connectivity index (χ0n) is 50.3. The summed E-state index contributed by atoms with van der Waals surface area (Å²) in [5, 5.41) is 0.736. The van der Waals surface area contributed by atoms with E-state index in [1.165, 1.54) is 28.3 Å². The second kappa shape index (κ2) is 29.9. The minimum absolute atomic E-state index is 0.0317. The highest BCUT2D eigenvalue weighted by atomic mass is 35.5. The summed E-state index contributed by atoms with van der Waals surface area (Å²) in [6, 6.07) is 13.9. The third-order valence-electron chi connectivity index (χ3n) is 15.8. The Morgan fingerprint density at radius 3 is 1.47 bits per heavy atom. The number of halogens is 9. The van der Waals surface area contributed by atoms with Crippen LogP contribution in [-0.4, -0.2) is 150 Å². The van der Waals surface area contributed by atoms with Gasteiger partial charge in [-0.15, -0.1) is 0 Å². The molecule has 26 nitrogen and oxygen atoms in total. The first-order chi connectivity index (χ1) is 46.4. The molecule has 3 atom stereocenters. The molecule has 17 rings (SSSR count). The van der Waals surface area contributed by atoms with E-state index in [0.717, 1.165) is 71.0 Å². The fourth-order valence-corrected chi connectivity index (χ4v) is 12.4. The van der Waals surface area contributed by atoms with E-state index in [2.05, 4.69) is 64.8 Å². The lowest BCUT2D eigenvalue weighted by atomic mass is 10.2. The van der Waals surface area contributed by atoms with E-state index in [1.54, 1.807) is 78.3 Å². The van der Waals surface area contributed by atoms with Gasteiger partial charge in [0.1, 0.15) is 29.7 Å². The van der Waals surface area contributed by atoms with E-state index in [-0.39, 0.29) is 56.5 Å². The SMILES string of the molecule is C1=COCCC1.Clc1nc(Cl)c2[nH]cnc2n1.Clc1nc(Cl)c2ncn(C3CCCCO3)c2n1.FC(F)c1nc2ccccc2n1-c1nc(Cl)nc2c1ncn2C1CCCCO1.FC(F)c1nc2ccccc2n1-c1nc(N2CCOCC2)nc2c1ncn2C1CCCCO1. The van der Waals surface area contributed by atoms with Crippen molar-refractivity contribution in [1.82, 2.24) is 97.6 Å². The molecule has 35 heteroatoms. The Balaban J connectivity index is 0.000000118. The normalized spacial score (nSPS) is 18.3. The Labute approximate surface area is 561 Å². The first kappa shape index (κ1) is 65.6. The molecule has 0 saturated carbocycles. The van der Waals surface area contributed by atoms with Crippen molar-refractivity contribution in [3.63, 3.8) is 0 Å². The van der Waals surface area contributed by atoms with Gasteiger partial charge in [0.05, 0.1) is 73.5 Å². The predicted octanol–water partition coefficient (Wildman–Crippen LogP) is 13.9. The van der Waals surface area contributed by atoms with Gasteiger partial charge in [-0.1, -0.05) is 47.5 Å². The number of imidazole rings is 6. The predicted molar refractivity (Wildman–Crippen MR) is 346 cm³/mol. The molecule has 3 unspecified atom stereocenters. The smallest absolute Gasteiger partial charge is 0.296 e. The molecule has 95 heavy (non-hydrogen) atoms. The number of ether oxygens (including phenoxy) is 5. The number of para-hydroxylation sites is 4. The summed E-state index contributed by atoms with van der Waals surface area (Å²) in [7, 11) is 0. The van der Waals surface area contributed by atoms with E-state index in [0.29, 0.717) is 118 Å². The van der Waals surface area contributed by atoms with Crippen LogP contribution in [0.4, 0.5) is 23.5 Å². The van der Waals surface area contributed by atoms with E-state index >= 15 is 0 Å². The largest absolute Gasteiger partial charge is 0.502 e. The van der Waals surface area contributed by atoms with Crippen LogP contribution in [0.15, 0.2) is 86.2 Å². The number of alkyl halides is 4. The number of rotatable bonds is 8. The number of benzene rings is 2. The van der Waals surface area contributed by atoms with E-state index in [1.807, 2.05) is 20.1 Å². The fraction of sp³-hybridized carbons (Fsp3) is 0.400. The Kier molecular flexibility index (Phi) is 20.7. The van der Waals surface area contributed by atoms with Gasteiger partial charge in [0, 0.05) is 32.9 Å². The molecule has 0 bridgehead atoms. The first-order valence-corrected chi connectivity index (χ1v) is 32.4. The molecule has 0 radical (unpaired) electrons. The molecule has 4 saturated heterocycles. The molecule has 5 aliphatic rings. The minimum atomic E-state index is -2.79. The van der Waals surface area contributed by atoms with Crippen molar-refractivity contribution in [2.75, 3.05) is 57.6 Å². The minimum Gasteiger partial charge on any atom is -0.502 e. The van der Waals surface area contributed by atoms with Crippen molar-refractivity contribution in [2.24, 2.45) is 0 Å². The zero-order valence-corrected chi connectivity index (χ0v) is 54.1. The van der Waals surface area contributed by atoms with Crippen molar-refractivity contribution in [2.45, 2.75) is 102 Å². The zero-order chi connectivity index (χ0) is 65.5. The molecule has 12 aromatic rings. The number of fused-ring (bicyclic) bond motifs is 6. The molecular formula is C60H58Cl5F4N21O5. The number of anilines is 1. The van der Waals surface area contributed by atoms with Crippen LogP contribution in [0.5, 0.6) is 0 Å². The molecule has 496 valence electrons. The van der Waals surface area contributed by atoms with Crippen LogP contribution in [0.2, 0.25) is 26.2 Å². The molecule has 15 heterocycles. The number of aromatic nitrogens is 20. The number of allylic oxidation sites excluding steroid dienone is 1. The molecule has 1 N–H and O–H groups in total. The maximum absolute atomic E-state index is 14.1. The van der Waals surface area contributed by atoms with E-state index in [4.69, 9.17) is 91.7 Å². The van der Waals surface area contributed by atoms with Gasteiger partial charge in [0.25, 0.3) is 12.9 Å². The van der Waals surface area contributed by atoms with E-state index < -0.39 is 18.7 Å². The van der Waals surface area contributed by atoms with Gasteiger partial charge >= 0.3 is 0 Å². The summed E-state index contributed by atoms with van der Waals surface area (Å²) in [4.78, 5) is 63.7. The van der Waals surface area contributed by atoms with Gasteiger partial charge in [-0.2, -0.15) is 29.9 Å². The number of aromatic amines is 1. The van der Waals surface area contributed by atoms with Gasteiger partial charge in [-0.05, 0) is 136 Å². The Hall–Kier alpha value is -8.07. The van der Waals surface area contributed by atoms with Crippen LogP contribution in [0.25, 0.3) is 78.4 Å². The van der Waals surface area contributed by atoms with Gasteiger partial charge < -0.3 is 33.6 Å². The Morgan fingerprint density at radius 2 is 0.979 bits per heavy atom. The van der Waals surface area contributed by atoms with Gasteiger partial charge in [0.2, 0.25) is 21.8 Å². The highest BCUT2D eigenvalue weighted by molar-refractivity contribution is 6.35. The third-order valence-corrected chi connectivity index (χ3v) is 16.9. The second-order valence-corrected chi connectivity index (χ2v) is 23.7. The number of hydrogen-bond donors (Lipinski definition) is 1. The maximum Gasteiger partial charge on any atom is 0.296 e. The average molecular weight is 1410 g/mol. The molecular weight excluding hydrogens is 1350 g/mol. The fourth-order valence-electron chi connectivity index (χ4n) is 11.4. The topological polar surface area (TPSA) is 270 Å². The molecule has 5 aliphatic heterocycles. The highest BCUT2D eigenvalue weighted by Crippen LogP contribution is 2.36. The highest BCUT2D eigenvalue weighted by Gasteiger charge is 2.30. The number of hydrogen-bond acceptors (Lipinski definition) is 20. The summed E-state index contributed by atoms with van der Waals surface area (Å²) >= 11 is 29.1. The Morgan fingerprint density at radius 1 is 0.484 bits per heavy atom. The molecule has 0 spiro atoms. The van der Waals surface area contributed by atoms with Crippen molar-refractivity contribution >= 4 is 131 Å². The standard InChI is InChI=1S/C22H23F2N7O2.C18H15ClF2N6O.C10H10Cl2N4O.C5H2Cl2N4.C5H8O/c23-18(24)21-26-14-5-1-2-6-15(14)31(21)20-17-19(27-22(28-20)29-8-11-32-12-9-29)30(13-25-17)16-7-3-4-10-33-16;19-18-24-15-13(22-9-26(15)12-7-3-4-8-28-12)16(25-18)27-11-6-2-1-5-10(11)23-17(27)14(20)21;11-8-7-9(15-10(12)14-8)16(5-13-7)6-3-1-2-4-17-6;6-3-2-4(9-1-8-2)11-5(7)10-3;1-2-4-6-5-3-1/h1-2,5-6,13,16,18H,3-4,7-12H2;1-2,5-6,9,12,14H,3-4,7-8H2;5-6H,1-4H2;1H,(H,8,9,10,11);2,4H,1,3,5H2. The summed E-state index contributed by atoms with van der Waals surface area (Å²) < 4.78 is 91.8. The lowest BCUT2D eigenvalue weighted by molar-refractivity contribution is -0.0299. The summed E-state index contributed by atoms with van der Waals surface area (Å²) in [5.41, 5.74) is 6.04. The van der Waals surface area contributed by atoms with E-state index in [9.17, 15) is 17.6 Å². The summed E-state index contributed by atoms with van der Waals surface area (Å²) in [6.45, 7) is 5.33. The number of nitrogens with zero attached hydrogens (tertiary/aromatic N) is 20. The van der Waals surface area contributed by atoms with Crippen molar-refractivity contribution < 1.29 is 41.2 Å². The monoisotopic (exact) mass is 1400 g/mol. The number of H-pyrrole nitrogens is 1. The van der Waals surface area contributed by atoms with Crippen LogP contribution in [0.3, 0.4) is 0 Å². The quantitative estimate of drug-likeness (QED) is 0.0841. The van der Waals surface area contributed by atoms with Crippen LogP contribution in [0, 0.1) is 0 Å². The maximum atomic E-state index is 14.1. The molecule has 10 aromatic heterocycles. The van der Waals surface area contributed by atoms with Crippen LogP contribution >= 0.6 is 58.0 Å². The average Bonchev–Trinajstić information content (AvgIpc) is 1.62. The van der Waals surface area contributed by atoms with Gasteiger partial charge in [-0.25, -0.2) is 57.4 Å². The van der Waals surface area contributed by atoms with Crippen molar-refractivity contribution in [1.29, 1.82) is 0 Å². The lowest BCUT2D eigenvalue weighted by Crippen LogP contribution is -2.37. The molecule has 0 aliphatic carbocycles. The second-order valence-electron chi connectivity index (χ2n) is 21.9. The third kappa shape index (κ3) is 14.4. The Bertz CT molecular complexity index is 4650. The number of morpholine rings is 1. The summed E-state index contributed by atoms with van der Waals surface area (Å²) in [6.07, 6.45) is 15.5. The number of nitrogens with one attached hydrogen (secondary N) is 1. The van der Waals surface area contributed by atoms with Crippen LogP contribution in [0.1, 0.15) is 114 Å². The molecule has 0 amide bonds. The van der Waals surface area contributed by atoms with Gasteiger partial charge in [0.15, 0.2) is 67.2 Å². The summed E-state index contributed by atoms with van der Waals surface area (Å²) in [5.74, 6) is 0.137. The molecule has 4 fully saturated rings. The molecule has 2 aromatic carbocycles. The lowest BCUT2D eigenvalue weighted by Gasteiger charge is -2.28. The van der Waals surface area contributed by atoms with Crippen LogP contribution < -0.4 is 4.90 Å². The van der Waals surface area contributed by atoms with Gasteiger partial charge in [-0.3, -0.25) is 22.8 Å². The first-order valence-electron chi connectivity index (χ1n) is 30.5. The van der Waals surface area contributed by atoms with Crippen molar-refractivity contribution in [3.05, 3.63) is 124 Å².